The van der Waals surface area contributed by atoms with Crippen molar-refractivity contribution in [3.05, 3.63) is 12.7 Å². The number of carbonyl (C=O) groups is 1. The Morgan fingerprint density at radius 2 is 1.76 bits per heavy atom. The molecule has 0 heterocycles. The van der Waals surface area contributed by atoms with Crippen molar-refractivity contribution in [1.29, 1.82) is 0 Å². The second kappa shape index (κ2) is 10.4. The van der Waals surface area contributed by atoms with Crippen LogP contribution in [0.25, 0.3) is 0 Å². The van der Waals surface area contributed by atoms with Crippen molar-refractivity contribution in [3.63, 3.8) is 0 Å². The molecule has 0 aromatic rings. The summed E-state index contributed by atoms with van der Waals surface area (Å²) in [5, 5.41) is 3.03. The minimum Gasteiger partial charge on any atom is -0.347 e. The van der Waals surface area contributed by atoms with Crippen LogP contribution in [0.2, 0.25) is 0 Å². The largest absolute Gasteiger partial charge is 0.347 e. The molecule has 0 aliphatic heterocycles. The average molecular weight is 243 g/mol. The van der Waals surface area contributed by atoms with Crippen LogP contribution in [0.4, 0.5) is 0 Å². The number of carbonyl (C=O) groups excluding carboxylic acids is 1. The number of hydrogen-bond donors (Lipinski definition) is 1. The molecule has 0 fully saturated rings. The maximum atomic E-state index is 11.3. The van der Waals surface area contributed by atoms with Gasteiger partial charge in [0.1, 0.15) is 0 Å². The van der Waals surface area contributed by atoms with Gasteiger partial charge in [-0.3, -0.25) is 4.79 Å². The molecule has 0 aliphatic carbocycles. The Morgan fingerprint density at radius 3 is 2.06 bits per heavy atom. The zero-order valence-corrected chi connectivity index (χ0v) is 10.6. The van der Waals surface area contributed by atoms with Gasteiger partial charge in [-0.2, -0.15) is 0 Å². The Morgan fingerprint density at radius 1 is 1.29 bits per heavy atom. The van der Waals surface area contributed by atoms with E-state index in [0.717, 1.165) is 12.8 Å². The lowest BCUT2D eigenvalue weighted by Gasteiger charge is -2.32. The smallest absolute Gasteiger partial charge is 0.243 e. The fourth-order valence-electron chi connectivity index (χ4n) is 1.85. The minimum absolute atomic E-state index is 0. The number of amides is 1. The molecule has 2 heteroatoms. The van der Waals surface area contributed by atoms with Crippen molar-refractivity contribution < 1.29 is 4.79 Å². The molecule has 17 heavy (non-hydrogen) atoms. The summed E-state index contributed by atoms with van der Waals surface area (Å²) in [5.74, 6) is 0.630. The van der Waals surface area contributed by atoms with Crippen molar-refractivity contribution in [2.24, 2.45) is 5.92 Å². The average Bonchev–Trinajstić information content (AvgIpc) is 2.25. The molecule has 0 aromatic heterocycles. The molecule has 0 saturated heterocycles. The van der Waals surface area contributed by atoms with E-state index >= 15 is 0 Å². The quantitative estimate of drug-likeness (QED) is 0.653. The van der Waals surface area contributed by atoms with Crippen LogP contribution in [0.15, 0.2) is 12.7 Å². The molecule has 1 atom stereocenters. The van der Waals surface area contributed by atoms with E-state index in [-0.39, 0.29) is 26.3 Å². The van der Waals surface area contributed by atoms with Gasteiger partial charge < -0.3 is 5.32 Å². The van der Waals surface area contributed by atoms with E-state index in [0.29, 0.717) is 5.92 Å². The molecule has 2 nitrogen and oxygen atoms in total. The highest BCUT2D eigenvalue weighted by molar-refractivity contribution is 5.87. The van der Waals surface area contributed by atoms with Crippen LogP contribution >= 0.6 is 0 Å². The Kier molecular flexibility index (Phi) is 13.1. The zero-order chi connectivity index (χ0) is 11.9. The summed E-state index contributed by atoms with van der Waals surface area (Å²) in [5.41, 5.74) is -0.0814. The summed E-state index contributed by atoms with van der Waals surface area (Å²) >= 11 is 0. The Hall–Kier alpha value is -0.790. The van der Waals surface area contributed by atoms with Crippen molar-refractivity contribution in [1.82, 2.24) is 5.32 Å². The molecular weight excluding hydrogens is 210 g/mol. The molecule has 0 radical (unpaired) electrons. The second-order valence-electron chi connectivity index (χ2n) is 4.49. The minimum atomic E-state index is -0.0814. The fraction of sp³-hybridized carbons (Fsp3) is 0.800. The van der Waals surface area contributed by atoms with Crippen LogP contribution in [-0.2, 0) is 4.79 Å². The van der Waals surface area contributed by atoms with Crippen molar-refractivity contribution in [2.75, 3.05) is 0 Å². The molecule has 0 saturated carbocycles. The lowest BCUT2D eigenvalue weighted by atomic mass is 9.84. The van der Waals surface area contributed by atoms with E-state index in [4.69, 9.17) is 0 Å². The first-order valence-corrected chi connectivity index (χ1v) is 5.95. The third-order valence-electron chi connectivity index (χ3n) is 3.28. The summed E-state index contributed by atoms with van der Waals surface area (Å²) < 4.78 is 0. The normalized spacial score (nSPS) is 13.0. The van der Waals surface area contributed by atoms with Gasteiger partial charge in [-0.05, 0) is 31.8 Å². The molecule has 0 bridgehead atoms. The highest BCUT2D eigenvalue weighted by atomic mass is 16.1. The third-order valence-corrected chi connectivity index (χ3v) is 3.28. The van der Waals surface area contributed by atoms with Gasteiger partial charge in [-0.15, -0.1) is 0 Å². The van der Waals surface area contributed by atoms with Gasteiger partial charge in [0.25, 0.3) is 0 Å². The first kappa shape index (κ1) is 21.5. The van der Waals surface area contributed by atoms with Gasteiger partial charge in [0.15, 0.2) is 0 Å². The van der Waals surface area contributed by atoms with Crippen LogP contribution in [0, 0.1) is 5.92 Å². The highest BCUT2D eigenvalue weighted by Crippen LogP contribution is 2.24. The van der Waals surface area contributed by atoms with Gasteiger partial charge in [-0.1, -0.05) is 55.0 Å². The predicted octanol–water partition coefficient (Wildman–Crippen LogP) is 4.56. The Balaban J connectivity index is -0.000000980. The standard InChI is InChI=1S/C13H25NO.2CH4/c1-6-11(7-2)10-13(5,9-4)14-12(15)8-3;;/h8,11H,3,6-7,9-10H2,1-2,4-5H3,(H,14,15);2*1H4. The van der Waals surface area contributed by atoms with E-state index in [1.807, 2.05) is 0 Å². The monoisotopic (exact) mass is 243 g/mol. The van der Waals surface area contributed by atoms with Gasteiger partial charge in [0, 0.05) is 5.54 Å². The molecular formula is C15H33NO. The van der Waals surface area contributed by atoms with E-state index in [9.17, 15) is 4.79 Å². The first-order chi connectivity index (χ1) is 7.01. The Labute approximate surface area is 109 Å². The topological polar surface area (TPSA) is 29.1 Å². The molecule has 1 unspecified atom stereocenters. The van der Waals surface area contributed by atoms with E-state index < -0.39 is 0 Å². The summed E-state index contributed by atoms with van der Waals surface area (Å²) in [6.07, 6.45) is 5.71. The maximum Gasteiger partial charge on any atom is 0.243 e. The summed E-state index contributed by atoms with van der Waals surface area (Å²) in [6, 6.07) is 0. The summed E-state index contributed by atoms with van der Waals surface area (Å²) in [6.45, 7) is 12.1. The Bertz CT molecular complexity index is 209. The van der Waals surface area contributed by atoms with E-state index in [1.54, 1.807) is 0 Å². The lowest BCUT2D eigenvalue weighted by Crippen LogP contribution is -2.46. The van der Waals surface area contributed by atoms with Crippen LogP contribution < -0.4 is 5.32 Å². The van der Waals surface area contributed by atoms with Crippen molar-refractivity contribution in [2.45, 2.75) is 73.8 Å². The summed E-state index contributed by atoms with van der Waals surface area (Å²) in [7, 11) is 0. The SMILES string of the molecule is C.C.C=CC(=O)NC(C)(CC)CC(CC)CC. The van der Waals surface area contributed by atoms with Gasteiger partial charge in [-0.25, -0.2) is 0 Å². The van der Waals surface area contributed by atoms with Crippen molar-refractivity contribution >= 4 is 5.91 Å². The summed E-state index contributed by atoms with van der Waals surface area (Å²) in [4.78, 5) is 11.3. The van der Waals surface area contributed by atoms with Crippen LogP contribution in [0.1, 0.15) is 68.2 Å². The van der Waals surface area contributed by atoms with Gasteiger partial charge in [0.05, 0.1) is 0 Å². The number of nitrogens with one attached hydrogen (secondary N) is 1. The number of hydrogen-bond acceptors (Lipinski definition) is 1. The molecule has 0 spiro atoms. The fourth-order valence-corrected chi connectivity index (χ4v) is 1.85. The molecule has 1 amide bonds. The molecule has 0 aliphatic rings. The second-order valence-corrected chi connectivity index (χ2v) is 4.49. The van der Waals surface area contributed by atoms with E-state index in [1.165, 1.54) is 18.9 Å². The molecule has 0 aromatic carbocycles. The molecule has 0 rings (SSSR count). The zero-order valence-electron chi connectivity index (χ0n) is 10.6. The maximum absolute atomic E-state index is 11.3. The first-order valence-electron chi connectivity index (χ1n) is 5.95. The van der Waals surface area contributed by atoms with Crippen LogP contribution in [0.5, 0.6) is 0 Å². The highest BCUT2D eigenvalue weighted by Gasteiger charge is 2.26. The predicted molar refractivity (Wildman–Crippen MR) is 79.2 cm³/mol. The lowest BCUT2D eigenvalue weighted by molar-refractivity contribution is -0.118. The molecule has 104 valence electrons. The van der Waals surface area contributed by atoms with Crippen LogP contribution in [-0.4, -0.2) is 11.4 Å². The molecule has 1 N–H and O–H groups in total. The van der Waals surface area contributed by atoms with E-state index in [2.05, 4.69) is 39.6 Å². The third kappa shape index (κ3) is 8.00. The van der Waals surface area contributed by atoms with Crippen LogP contribution in [0.3, 0.4) is 0 Å². The van der Waals surface area contributed by atoms with Crippen molar-refractivity contribution in [3.8, 4) is 0 Å². The van der Waals surface area contributed by atoms with Gasteiger partial charge >= 0.3 is 0 Å². The number of rotatable bonds is 7. The van der Waals surface area contributed by atoms with Gasteiger partial charge in [0.2, 0.25) is 5.91 Å².